The highest BCUT2D eigenvalue weighted by Crippen LogP contribution is 2.32. The van der Waals surface area contributed by atoms with Crippen LogP contribution in [-0.2, 0) is 4.74 Å². The quantitative estimate of drug-likeness (QED) is 0.918. The molecule has 1 aliphatic heterocycles. The van der Waals surface area contributed by atoms with Crippen LogP contribution in [0.1, 0.15) is 49.6 Å². The lowest BCUT2D eigenvalue weighted by atomic mass is 9.94. The normalized spacial score (nSPS) is 29.3. The molecule has 0 radical (unpaired) electrons. The van der Waals surface area contributed by atoms with E-state index in [4.69, 9.17) is 4.74 Å². The Balaban J connectivity index is 1.78. The van der Waals surface area contributed by atoms with E-state index < -0.39 is 0 Å². The van der Waals surface area contributed by atoms with Crippen molar-refractivity contribution in [3.63, 3.8) is 0 Å². The average Bonchev–Trinajstić information content (AvgIpc) is 3.15. The van der Waals surface area contributed by atoms with Gasteiger partial charge in [0.1, 0.15) is 5.69 Å². The molecule has 0 aromatic carbocycles. The van der Waals surface area contributed by atoms with Crippen LogP contribution in [0.15, 0.2) is 12.5 Å². The third-order valence-corrected chi connectivity index (χ3v) is 4.87. The van der Waals surface area contributed by atoms with Crippen molar-refractivity contribution in [2.75, 3.05) is 19.8 Å². The fourth-order valence-electron chi connectivity index (χ4n) is 3.52. The summed E-state index contributed by atoms with van der Waals surface area (Å²) < 4.78 is 7.51. The monoisotopic (exact) mass is 307 g/mol. The molecule has 0 unspecified atom stereocenters. The fourth-order valence-corrected chi connectivity index (χ4v) is 3.52. The smallest absolute Gasteiger partial charge is 0.274 e. The fraction of sp³-hybridized carbons (Fsp3) is 0.750. The maximum absolute atomic E-state index is 12.8. The lowest BCUT2D eigenvalue weighted by molar-refractivity contribution is -0.0385. The Kier molecular flexibility index (Phi) is 4.49. The number of aromatic nitrogens is 2. The van der Waals surface area contributed by atoms with Crippen LogP contribution in [0.5, 0.6) is 0 Å². The van der Waals surface area contributed by atoms with E-state index in [0.717, 1.165) is 19.3 Å². The molecular weight excluding hydrogens is 282 g/mol. The van der Waals surface area contributed by atoms with Crippen molar-refractivity contribution in [3.05, 3.63) is 18.2 Å². The van der Waals surface area contributed by atoms with Gasteiger partial charge in [-0.25, -0.2) is 4.98 Å². The highest BCUT2D eigenvalue weighted by Gasteiger charge is 2.40. The molecule has 2 fully saturated rings. The number of carbonyl (C=O) groups excluding carboxylic acids is 1. The zero-order valence-corrected chi connectivity index (χ0v) is 13.3. The van der Waals surface area contributed by atoms with Gasteiger partial charge in [0.25, 0.3) is 5.91 Å². The van der Waals surface area contributed by atoms with Gasteiger partial charge in [-0.15, -0.1) is 0 Å². The summed E-state index contributed by atoms with van der Waals surface area (Å²) in [5, 5.41) is 10.2. The molecule has 1 amide bonds. The minimum atomic E-state index is -0.324. The molecule has 6 heteroatoms. The van der Waals surface area contributed by atoms with E-state index in [1.165, 1.54) is 0 Å². The number of hydrogen-bond donors (Lipinski definition) is 1. The van der Waals surface area contributed by atoms with E-state index in [1.807, 2.05) is 15.7 Å². The number of aliphatic hydroxyl groups is 1. The van der Waals surface area contributed by atoms with Gasteiger partial charge >= 0.3 is 0 Å². The Bertz CT molecular complexity index is 528. The van der Waals surface area contributed by atoms with E-state index in [-0.39, 0.29) is 30.0 Å². The second-order valence-electron chi connectivity index (χ2n) is 6.60. The number of ether oxygens (including phenoxy) is 1. The molecule has 1 saturated carbocycles. The number of nitrogens with zero attached hydrogens (tertiary/aromatic N) is 3. The van der Waals surface area contributed by atoms with E-state index in [2.05, 4.69) is 18.8 Å². The summed E-state index contributed by atoms with van der Waals surface area (Å²) in [6, 6.07) is 0.245. The second kappa shape index (κ2) is 6.38. The number of morpholine rings is 1. The summed E-state index contributed by atoms with van der Waals surface area (Å²) >= 11 is 0. The average molecular weight is 307 g/mol. The maximum atomic E-state index is 12.8. The van der Waals surface area contributed by atoms with Gasteiger partial charge in [0, 0.05) is 24.7 Å². The molecule has 3 rings (SSSR count). The third kappa shape index (κ3) is 2.90. The van der Waals surface area contributed by atoms with Crippen LogP contribution in [0, 0.1) is 5.92 Å². The van der Waals surface area contributed by atoms with Crippen LogP contribution in [0.4, 0.5) is 0 Å². The summed E-state index contributed by atoms with van der Waals surface area (Å²) in [7, 11) is 0. The van der Waals surface area contributed by atoms with Crippen molar-refractivity contribution >= 4 is 5.91 Å². The second-order valence-corrected chi connectivity index (χ2v) is 6.60. The Morgan fingerprint density at radius 2 is 2.27 bits per heavy atom. The third-order valence-electron chi connectivity index (χ3n) is 4.87. The molecule has 3 atom stereocenters. The molecule has 1 aromatic heterocycles. The van der Waals surface area contributed by atoms with E-state index in [0.29, 0.717) is 25.5 Å². The summed E-state index contributed by atoms with van der Waals surface area (Å²) in [6.45, 7) is 5.75. The maximum Gasteiger partial charge on any atom is 0.274 e. The Labute approximate surface area is 131 Å². The van der Waals surface area contributed by atoms with Crippen molar-refractivity contribution in [2.24, 2.45) is 5.92 Å². The van der Waals surface area contributed by atoms with E-state index >= 15 is 0 Å². The molecule has 2 heterocycles. The van der Waals surface area contributed by atoms with Crippen molar-refractivity contribution in [1.82, 2.24) is 14.5 Å². The van der Waals surface area contributed by atoms with Gasteiger partial charge in [-0.05, 0) is 26.7 Å². The number of aliphatic hydroxyl groups excluding tert-OH is 1. The molecule has 2 aliphatic rings. The first-order valence-electron chi connectivity index (χ1n) is 8.18. The molecule has 22 heavy (non-hydrogen) atoms. The summed E-state index contributed by atoms with van der Waals surface area (Å²) in [5.74, 6) is 0.0724. The number of imidazole rings is 1. The van der Waals surface area contributed by atoms with Crippen LogP contribution >= 0.6 is 0 Å². The Hall–Kier alpha value is -1.40. The van der Waals surface area contributed by atoms with Gasteiger partial charge in [0.2, 0.25) is 0 Å². The van der Waals surface area contributed by atoms with Crippen LogP contribution in [0.2, 0.25) is 0 Å². The summed E-state index contributed by atoms with van der Waals surface area (Å²) in [4.78, 5) is 18.9. The zero-order valence-electron chi connectivity index (χ0n) is 13.3. The molecule has 1 N–H and O–H groups in total. The molecule has 0 bridgehead atoms. The topological polar surface area (TPSA) is 67.6 Å². The first kappa shape index (κ1) is 15.5. The number of hydrogen-bond acceptors (Lipinski definition) is 4. The van der Waals surface area contributed by atoms with Crippen LogP contribution < -0.4 is 0 Å². The molecule has 0 spiro atoms. The first-order valence-corrected chi connectivity index (χ1v) is 8.18. The highest BCUT2D eigenvalue weighted by atomic mass is 16.5. The van der Waals surface area contributed by atoms with E-state index in [1.54, 1.807) is 6.33 Å². The van der Waals surface area contributed by atoms with Gasteiger partial charge in [-0.3, -0.25) is 4.79 Å². The molecular formula is C16H25N3O3. The summed E-state index contributed by atoms with van der Waals surface area (Å²) in [6.07, 6.45) is 5.99. The predicted molar refractivity (Wildman–Crippen MR) is 81.6 cm³/mol. The van der Waals surface area contributed by atoms with Crippen LogP contribution in [-0.4, -0.2) is 57.4 Å². The van der Waals surface area contributed by atoms with Crippen LogP contribution in [0.25, 0.3) is 0 Å². The van der Waals surface area contributed by atoms with Crippen molar-refractivity contribution in [1.29, 1.82) is 0 Å². The lowest BCUT2D eigenvalue weighted by Crippen LogP contribution is -2.53. The number of carbonyl (C=O) groups is 1. The number of amides is 1. The van der Waals surface area contributed by atoms with Crippen molar-refractivity contribution in [3.8, 4) is 0 Å². The lowest BCUT2D eigenvalue weighted by Gasteiger charge is -2.39. The minimum absolute atomic E-state index is 0.0389. The van der Waals surface area contributed by atoms with Gasteiger partial charge in [0.15, 0.2) is 0 Å². The predicted octanol–water partition coefficient (Wildman–Crippen LogP) is 1.47. The standard InChI is InChI=1S/C16H25N3O3/c1-11(2)18-8-13(17-10-18)16(21)19-6-7-22-9-14(19)12-4-3-5-15(12)20/h8,10-12,14-15,20H,3-7,9H2,1-2H3/t12-,14-,15-/m1/s1. The largest absolute Gasteiger partial charge is 0.393 e. The SMILES string of the molecule is CC(C)n1cnc(C(=O)N2CCOC[C@@H]2[C@H]2CCC[C@H]2O)c1. The van der Waals surface area contributed by atoms with Crippen molar-refractivity contribution in [2.45, 2.75) is 51.3 Å². The zero-order chi connectivity index (χ0) is 15.7. The minimum Gasteiger partial charge on any atom is -0.393 e. The highest BCUT2D eigenvalue weighted by molar-refractivity contribution is 5.92. The van der Waals surface area contributed by atoms with Gasteiger partial charge in [-0.1, -0.05) is 6.42 Å². The van der Waals surface area contributed by atoms with E-state index in [9.17, 15) is 9.90 Å². The summed E-state index contributed by atoms with van der Waals surface area (Å²) in [5.41, 5.74) is 0.480. The van der Waals surface area contributed by atoms with Crippen molar-refractivity contribution < 1.29 is 14.6 Å². The molecule has 122 valence electrons. The molecule has 1 aromatic rings. The molecule has 6 nitrogen and oxygen atoms in total. The van der Waals surface area contributed by atoms with Gasteiger partial charge in [-0.2, -0.15) is 0 Å². The van der Waals surface area contributed by atoms with Gasteiger partial charge in [0.05, 0.1) is 31.7 Å². The van der Waals surface area contributed by atoms with Gasteiger partial charge < -0.3 is 19.3 Å². The Morgan fingerprint density at radius 1 is 1.45 bits per heavy atom. The Morgan fingerprint density at radius 3 is 2.91 bits per heavy atom. The first-order chi connectivity index (χ1) is 10.6. The number of rotatable bonds is 3. The molecule has 1 saturated heterocycles. The van der Waals surface area contributed by atoms with Crippen LogP contribution in [0.3, 0.4) is 0 Å². The molecule has 1 aliphatic carbocycles.